The lowest BCUT2D eigenvalue weighted by Gasteiger charge is -2.25. The number of nitrogens with zero attached hydrogens (tertiary/aromatic N) is 4. The van der Waals surface area contributed by atoms with Crippen LogP contribution < -0.4 is 5.32 Å². The zero-order valence-electron chi connectivity index (χ0n) is 12.5. The van der Waals surface area contributed by atoms with Crippen molar-refractivity contribution in [1.29, 1.82) is 0 Å². The number of nitrogens with one attached hydrogen (secondary N) is 1. The van der Waals surface area contributed by atoms with Crippen molar-refractivity contribution in [2.24, 2.45) is 0 Å². The average molecular weight is 289 g/mol. The third-order valence-electron chi connectivity index (χ3n) is 3.68. The van der Waals surface area contributed by atoms with E-state index in [4.69, 9.17) is 4.52 Å². The summed E-state index contributed by atoms with van der Waals surface area (Å²) < 4.78 is 7.11. The molecule has 3 heterocycles. The summed E-state index contributed by atoms with van der Waals surface area (Å²) in [6, 6.07) is 1.70. The van der Waals surface area contributed by atoms with Crippen LogP contribution in [0.2, 0.25) is 0 Å². The van der Waals surface area contributed by atoms with Crippen LogP contribution in [0.5, 0.6) is 0 Å². The molecule has 0 aliphatic carbocycles. The van der Waals surface area contributed by atoms with Crippen molar-refractivity contribution in [3.8, 4) is 0 Å². The van der Waals surface area contributed by atoms with E-state index in [1.165, 1.54) is 0 Å². The summed E-state index contributed by atoms with van der Waals surface area (Å²) in [5, 5.41) is 15.2. The van der Waals surface area contributed by atoms with Gasteiger partial charge in [-0.1, -0.05) is 19.0 Å². The minimum atomic E-state index is -0.219. The number of carbonyl (C=O) groups is 1. The Kier molecular flexibility index (Phi) is 3.48. The number of amides is 1. The summed E-state index contributed by atoms with van der Waals surface area (Å²) in [7, 11) is 0. The fourth-order valence-corrected chi connectivity index (χ4v) is 2.62. The lowest BCUT2D eigenvalue weighted by Crippen LogP contribution is -2.41. The predicted octanol–water partition coefficient (Wildman–Crippen LogP) is 1.44. The third kappa shape index (κ3) is 2.68. The smallest absolute Gasteiger partial charge is 0.290 e. The molecule has 0 spiro atoms. The van der Waals surface area contributed by atoms with Crippen LogP contribution in [0.4, 0.5) is 0 Å². The molecular weight excluding hydrogens is 270 g/mol. The molecule has 7 heteroatoms. The fourth-order valence-electron chi connectivity index (χ4n) is 2.62. The van der Waals surface area contributed by atoms with Crippen molar-refractivity contribution in [3.63, 3.8) is 0 Å². The summed E-state index contributed by atoms with van der Waals surface area (Å²) in [5.74, 6) is 2.33. The van der Waals surface area contributed by atoms with Gasteiger partial charge in [0.2, 0.25) is 5.76 Å². The zero-order chi connectivity index (χ0) is 15.0. The van der Waals surface area contributed by atoms with Crippen LogP contribution in [0.25, 0.3) is 0 Å². The Balaban J connectivity index is 1.71. The van der Waals surface area contributed by atoms with Crippen molar-refractivity contribution >= 4 is 5.91 Å². The normalized spacial score (nSPS) is 17.8. The maximum Gasteiger partial charge on any atom is 0.290 e. The van der Waals surface area contributed by atoms with E-state index in [1.54, 1.807) is 13.0 Å². The molecule has 1 N–H and O–H groups in total. The van der Waals surface area contributed by atoms with E-state index < -0.39 is 0 Å². The highest BCUT2D eigenvalue weighted by atomic mass is 16.5. The molecule has 2 aromatic rings. The van der Waals surface area contributed by atoms with Crippen LogP contribution in [-0.2, 0) is 13.0 Å². The predicted molar refractivity (Wildman–Crippen MR) is 74.9 cm³/mol. The summed E-state index contributed by atoms with van der Waals surface area (Å²) in [6.45, 7) is 6.68. The van der Waals surface area contributed by atoms with Gasteiger partial charge in [0.25, 0.3) is 5.91 Å². The van der Waals surface area contributed by atoms with E-state index in [9.17, 15) is 4.79 Å². The van der Waals surface area contributed by atoms with Crippen LogP contribution in [0, 0.1) is 6.92 Å². The molecule has 0 saturated heterocycles. The van der Waals surface area contributed by atoms with E-state index >= 15 is 0 Å². The average Bonchev–Trinajstić information content (AvgIpc) is 3.04. The quantitative estimate of drug-likeness (QED) is 0.924. The number of rotatable bonds is 3. The van der Waals surface area contributed by atoms with Crippen LogP contribution >= 0.6 is 0 Å². The van der Waals surface area contributed by atoms with Gasteiger partial charge in [0.05, 0.1) is 5.69 Å². The number of aromatic nitrogens is 4. The Hall–Kier alpha value is -2.18. The standard InChI is InChI=1S/C14H19N5O2/c1-8(2)13-17-16-12-5-4-10(7-19(12)13)15-14(20)11-6-9(3)18-21-11/h6,8,10H,4-5,7H2,1-3H3,(H,15,20). The maximum absolute atomic E-state index is 12.1. The minimum absolute atomic E-state index is 0.0592. The molecule has 1 atom stereocenters. The van der Waals surface area contributed by atoms with Gasteiger partial charge in [0, 0.05) is 31.0 Å². The van der Waals surface area contributed by atoms with E-state index in [1.807, 2.05) is 0 Å². The van der Waals surface area contributed by atoms with Gasteiger partial charge in [0.1, 0.15) is 11.6 Å². The van der Waals surface area contributed by atoms with Gasteiger partial charge in [0.15, 0.2) is 0 Å². The van der Waals surface area contributed by atoms with Crippen molar-refractivity contribution < 1.29 is 9.32 Å². The molecular formula is C14H19N5O2. The largest absolute Gasteiger partial charge is 0.351 e. The molecule has 1 aliphatic rings. The van der Waals surface area contributed by atoms with Crippen molar-refractivity contribution in [1.82, 2.24) is 25.2 Å². The number of hydrogen-bond donors (Lipinski definition) is 1. The molecule has 0 saturated carbocycles. The van der Waals surface area contributed by atoms with Gasteiger partial charge in [-0.05, 0) is 13.3 Å². The molecule has 1 amide bonds. The first-order valence-electron chi connectivity index (χ1n) is 7.20. The number of fused-ring (bicyclic) bond motifs is 1. The van der Waals surface area contributed by atoms with Crippen LogP contribution in [0.1, 0.15) is 54.1 Å². The Morgan fingerprint density at radius 3 is 2.95 bits per heavy atom. The molecule has 0 bridgehead atoms. The van der Waals surface area contributed by atoms with Crippen LogP contribution in [0.3, 0.4) is 0 Å². The van der Waals surface area contributed by atoms with Gasteiger partial charge in [-0.3, -0.25) is 4.79 Å². The van der Waals surface area contributed by atoms with Gasteiger partial charge < -0.3 is 14.4 Å². The summed E-state index contributed by atoms with van der Waals surface area (Å²) >= 11 is 0. The highest BCUT2D eigenvalue weighted by molar-refractivity contribution is 5.91. The molecule has 2 aromatic heterocycles. The monoisotopic (exact) mass is 289 g/mol. The Morgan fingerprint density at radius 2 is 2.29 bits per heavy atom. The van der Waals surface area contributed by atoms with Gasteiger partial charge in [-0.15, -0.1) is 10.2 Å². The zero-order valence-corrected chi connectivity index (χ0v) is 12.5. The second-order valence-electron chi connectivity index (χ2n) is 5.78. The molecule has 0 fully saturated rings. The fraction of sp³-hybridized carbons (Fsp3) is 0.571. The number of aryl methyl sites for hydroxylation is 2. The van der Waals surface area contributed by atoms with Gasteiger partial charge in [-0.2, -0.15) is 0 Å². The Labute approximate surface area is 122 Å². The van der Waals surface area contributed by atoms with E-state index in [-0.39, 0.29) is 17.7 Å². The molecule has 112 valence electrons. The first-order chi connectivity index (χ1) is 10.0. The lowest BCUT2D eigenvalue weighted by atomic mass is 10.1. The van der Waals surface area contributed by atoms with E-state index in [2.05, 4.69) is 39.1 Å². The Morgan fingerprint density at radius 1 is 1.48 bits per heavy atom. The van der Waals surface area contributed by atoms with Gasteiger partial charge >= 0.3 is 0 Å². The SMILES string of the molecule is Cc1cc(C(=O)NC2CCc3nnc(C(C)C)n3C2)on1. The van der Waals surface area contributed by atoms with Crippen LogP contribution in [0.15, 0.2) is 10.6 Å². The summed E-state index contributed by atoms with van der Waals surface area (Å²) in [5.41, 5.74) is 0.701. The van der Waals surface area contributed by atoms with E-state index in [0.29, 0.717) is 18.2 Å². The minimum Gasteiger partial charge on any atom is -0.351 e. The number of carbonyl (C=O) groups excluding carboxylic acids is 1. The first-order valence-corrected chi connectivity index (χ1v) is 7.20. The molecule has 0 radical (unpaired) electrons. The van der Waals surface area contributed by atoms with Crippen molar-refractivity contribution in [2.75, 3.05) is 0 Å². The summed E-state index contributed by atoms with van der Waals surface area (Å²) in [6.07, 6.45) is 1.68. The van der Waals surface area contributed by atoms with Crippen molar-refractivity contribution in [2.45, 2.75) is 52.1 Å². The lowest BCUT2D eigenvalue weighted by molar-refractivity contribution is 0.0889. The highest BCUT2D eigenvalue weighted by Crippen LogP contribution is 2.20. The van der Waals surface area contributed by atoms with Crippen molar-refractivity contribution in [3.05, 3.63) is 29.2 Å². The third-order valence-corrected chi connectivity index (χ3v) is 3.68. The molecule has 0 aromatic carbocycles. The second-order valence-corrected chi connectivity index (χ2v) is 5.78. The van der Waals surface area contributed by atoms with E-state index in [0.717, 1.165) is 24.5 Å². The second kappa shape index (κ2) is 5.31. The van der Waals surface area contributed by atoms with Crippen LogP contribution in [-0.4, -0.2) is 31.9 Å². The molecule has 3 rings (SSSR count). The number of hydrogen-bond acceptors (Lipinski definition) is 5. The molecule has 1 unspecified atom stereocenters. The molecule has 21 heavy (non-hydrogen) atoms. The molecule has 7 nitrogen and oxygen atoms in total. The molecule has 1 aliphatic heterocycles. The first kappa shape index (κ1) is 13.8. The maximum atomic E-state index is 12.1. The van der Waals surface area contributed by atoms with Gasteiger partial charge in [-0.25, -0.2) is 0 Å². The highest BCUT2D eigenvalue weighted by Gasteiger charge is 2.26. The topological polar surface area (TPSA) is 85.8 Å². The summed E-state index contributed by atoms with van der Waals surface area (Å²) in [4.78, 5) is 12.1. The Bertz CT molecular complexity index is 658.